The van der Waals surface area contributed by atoms with Gasteiger partial charge in [0, 0.05) is 13.2 Å². The highest BCUT2D eigenvalue weighted by Gasteiger charge is 1.99. The third-order valence-electron chi connectivity index (χ3n) is 4.01. The second-order valence-corrected chi connectivity index (χ2v) is 6.28. The van der Waals surface area contributed by atoms with Crippen LogP contribution in [0.25, 0.3) is 0 Å². The Kier molecular flexibility index (Phi) is 19.0. The highest BCUT2D eigenvalue weighted by atomic mass is 35.5. The van der Waals surface area contributed by atoms with E-state index in [-0.39, 0.29) is 24.8 Å². The number of esters is 1. The van der Waals surface area contributed by atoms with Gasteiger partial charge in [-0.05, 0) is 37.0 Å². The Labute approximate surface area is 180 Å². The average molecular weight is 434 g/mol. The van der Waals surface area contributed by atoms with Crippen LogP contribution in [0.5, 0.6) is 5.75 Å². The quantitative estimate of drug-likeness (QED) is 0.281. The summed E-state index contributed by atoms with van der Waals surface area (Å²) in [5.74, 6) is 0.624. The Bertz CT molecular complexity index is 518. The molecule has 0 aliphatic heterocycles. The van der Waals surface area contributed by atoms with E-state index >= 15 is 0 Å². The fraction of sp³-hybridized carbons (Fsp3) is 0.667. The van der Waals surface area contributed by atoms with E-state index < -0.39 is 0 Å². The summed E-state index contributed by atoms with van der Waals surface area (Å²) in [6.45, 7) is 4.47. The van der Waals surface area contributed by atoms with Gasteiger partial charge in [0.15, 0.2) is 0 Å². The van der Waals surface area contributed by atoms with Crippen molar-refractivity contribution in [1.29, 1.82) is 0 Å². The first-order chi connectivity index (χ1) is 13.8. The van der Waals surface area contributed by atoms with E-state index in [0.29, 0.717) is 39.6 Å². The lowest BCUT2D eigenvalue weighted by atomic mass is 10.2. The largest absolute Gasteiger partial charge is 0.494 e. The Morgan fingerprint density at radius 2 is 1.48 bits per heavy atom. The Hall–Kier alpha value is -1.38. The molecule has 8 heteroatoms. The third kappa shape index (κ3) is 16.1. The molecule has 29 heavy (non-hydrogen) atoms. The molecule has 0 saturated heterocycles. The van der Waals surface area contributed by atoms with Crippen LogP contribution in [-0.2, 0) is 30.3 Å². The molecule has 0 aliphatic carbocycles. The second kappa shape index (κ2) is 19.9. The number of rotatable bonds is 18. The molecular weight excluding hydrogens is 398 g/mol. The first kappa shape index (κ1) is 27.6. The standard InChI is InChI=1S/C21H35NO6.ClH/c1-24-21(23)9-12-26-14-16-27-15-13-25-10-4-2-3-5-11-28-20-8-6-7-19(17-20)18-22;/h6-8,17H,2-5,9-16,18,22H2,1H3;1H. The molecule has 0 heterocycles. The predicted molar refractivity (Wildman–Crippen MR) is 115 cm³/mol. The summed E-state index contributed by atoms with van der Waals surface area (Å²) in [7, 11) is 1.37. The summed E-state index contributed by atoms with van der Waals surface area (Å²) in [5.41, 5.74) is 6.71. The SMILES string of the molecule is COC(=O)CCOCCOCCOCCCCCCOc1cccc(CN)c1.Cl. The molecule has 0 spiro atoms. The van der Waals surface area contributed by atoms with E-state index in [0.717, 1.165) is 50.2 Å². The minimum Gasteiger partial charge on any atom is -0.494 e. The number of benzene rings is 1. The number of carbonyl (C=O) groups is 1. The van der Waals surface area contributed by atoms with Gasteiger partial charge in [-0.1, -0.05) is 18.6 Å². The predicted octanol–water partition coefficient (Wildman–Crippen LogP) is 3.12. The van der Waals surface area contributed by atoms with Gasteiger partial charge in [0.25, 0.3) is 0 Å². The van der Waals surface area contributed by atoms with Crippen LogP contribution in [-0.4, -0.2) is 59.3 Å². The van der Waals surface area contributed by atoms with Crippen molar-refractivity contribution < 1.29 is 28.5 Å². The topological polar surface area (TPSA) is 89.2 Å². The molecule has 0 amide bonds. The molecule has 0 bridgehead atoms. The van der Waals surface area contributed by atoms with Gasteiger partial charge >= 0.3 is 5.97 Å². The Morgan fingerprint density at radius 1 is 0.862 bits per heavy atom. The summed E-state index contributed by atoms with van der Waals surface area (Å²) < 4.78 is 26.4. The van der Waals surface area contributed by atoms with Gasteiger partial charge in [0.2, 0.25) is 0 Å². The summed E-state index contributed by atoms with van der Waals surface area (Å²) in [4.78, 5) is 10.9. The van der Waals surface area contributed by atoms with Crippen molar-refractivity contribution in [2.75, 3.05) is 53.4 Å². The minimum absolute atomic E-state index is 0. The zero-order valence-electron chi connectivity index (χ0n) is 17.4. The summed E-state index contributed by atoms with van der Waals surface area (Å²) >= 11 is 0. The number of halogens is 1. The van der Waals surface area contributed by atoms with Gasteiger partial charge in [0.05, 0.1) is 53.2 Å². The van der Waals surface area contributed by atoms with Crippen LogP contribution >= 0.6 is 12.4 Å². The first-order valence-electron chi connectivity index (χ1n) is 9.98. The lowest BCUT2D eigenvalue weighted by Gasteiger charge is -2.08. The van der Waals surface area contributed by atoms with Gasteiger partial charge < -0.3 is 29.4 Å². The van der Waals surface area contributed by atoms with Crippen molar-refractivity contribution in [3.63, 3.8) is 0 Å². The van der Waals surface area contributed by atoms with Crippen LogP contribution in [0.4, 0.5) is 0 Å². The van der Waals surface area contributed by atoms with E-state index in [4.69, 9.17) is 24.7 Å². The Morgan fingerprint density at radius 3 is 2.14 bits per heavy atom. The van der Waals surface area contributed by atoms with Crippen molar-refractivity contribution in [1.82, 2.24) is 0 Å². The number of nitrogens with two attached hydrogens (primary N) is 1. The van der Waals surface area contributed by atoms with Crippen molar-refractivity contribution in [2.24, 2.45) is 5.73 Å². The maximum atomic E-state index is 10.9. The van der Waals surface area contributed by atoms with Crippen molar-refractivity contribution in [2.45, 2.75) is 38.6 Å². The third-order valence-corrected chi connectivity index (χ3v) is 4.01. The van der Waals surface area contributed by atoms with Crippen LogP contribution in [0.3, 0.4) is 0 Å². The zero-order chi connectivity index (χ0) is 20.3. The molecule has 0 unspecified atom stereocenters. The molecule has 1 aromatic rings. The number of carbonyl (C=O) groups excluding carboxylic acids is 1. The fourth-order valence-corrected chi connectivity index (χ4v) is 2.41. The normalized spacial score (nSPS) is 10.4. The highest BCUT2D eigenvalue weighted by Crippen LogP contribution is 2.13. The fourth-order valence-electron chi connectivity index (χ4n) is 2.41. The minimum atomic E-state index is -0.265. The summed E-state index contributed by atoms with van der Waals surface area (Å²) in [5, 5.41) is 0. The smallest absolute Gasteiger partial charge is 0.307 e. The monoisotopic (exact) mass is 433 g/mol. The molecule has 1 rings (SSSR count). The molecule has 0 atom stereocenters. The molecule has 0 saturated carbocycles. The first-order valence-corrected chi connectivity index (χ1v) is 9.98. The number of hydrogen-bond acceptors (Lipinski definition) is 7. The maximum absolute atomic E-state index is 10.9. The number of ether oxygens (including phenoxy) is 5. The van der Waals surface area contributed by atoms with Gasteiger partial charge in [-0.15, -0.1) is 12.4 Å². The number of hydrogen-bond donors (Lipinski definition) is 1. The van der Waals surface area contributed by atoms with Crippen LogP contribution < -0.4 is 10.5 Å². The van der Waals surface area contributed by atoms with Crippen LogP contribution in [0, 0.1) is 0 Å². The van der Waals surface area contributed by atoms with Gasteiger partial charge in [-0.3, -0.25) is 4.79 Å². The average Bonchev–Trinajstić information content (AvgIpc) is 2.73. The number of methoxy groups -OCH3 is 1. The molecule has 0 radical (unpaired) electrons. The van der Waals surface area contributed by atoms with Crippen LogP contribution in [0.15, 0.2) is 24.3 Å². The molecule has 7 nitrogen and oxygen atoms in total. The molecule has 0 aliphatic rings. The van der Waals surface area contributed by atoms with Crippen molar-refractivity contribution in [3.05, 3.63) is 29.8 Å². The zero-order valence-corrected chi connectivity index (χ0v) is 18.3. The maximum Gasteiger partial charge on any atom is 0.307 e. The summed E-state index contributed by atoms with van der Waals surface area (Å²) in [6, 6.07) is 7.92. The van der Waals surface area contributed by atoms with Gasteiger partial charge in [-0.25, -0.2) is 0 Å². The van der Waals surface area contributed by atoms with Crippen molar-refractivity contribution in [3.8, 4) is 5.75 Å². The van der Waals surface area contributed by atoms with E-state index in [1.54, 1.807) is 0 Å². The van der Waals surface area contributed by atoms with E-state index in [2.05, 4.69) is 4.74 Å². The van der Waals surface area contributed by atoms with Crippen LogP contribution in [0.1, 0.15) is 37.7 Å². The molecule has 0 fully saturated rings. The molecule has 1 aromatic carbocycles. The molecule has 0 aromatic heterocycles. The Balaban J connectivity index is 0.00000784. The molecule has 2 N–H and O–H groups in total. The molecule has 168 valence electrons. The van der Waals surface area contributed by atoms with E-state index in [1.807, 2.05) is 24.3 Å². The van der Waals surface area contributed by atoms with Gasteiger partial charge in [-0.2, -0.15) is 0 Å². The van der Waals surface area contributed by atoms with E-state index in [1.165, 1.54) is 7.11 Å². The second-order valence-electron chi connectivity index (χ2n) is 6.28. The van der Waals surface area contributed by atoms with Gasteiger partial charge in [0.1, 0.15) is 5.75 Å². The lowest BCUT2D eigenvalue weighted by Crippen LogP contribution is -2.12. The number of unbranched alkanes of at least 4 members (excludes halogenated alkanes) is 3. The van der Waals surface area contributed by atoms with E-state index in [9.17, 15) is 4.79 Å². The highest BCUT2D eigenvalue weighted by molar-refractivity contribution is 5.85. The lowest BCUT2D eigenvalue weighted by molar-refractivity contribution is -0.141. The van der Waals surface area contributed by atoms with Crippen LogP contribution in [0.2, 0.25) is 0 Å². The summed E-state index contributed by atoms with van der Waals surface area (Å²) in [6.07, 6.45) is 4.60. The van der Waals surface area contributed by atoms with Crippen molar-refractivity contribution >= 4 is 18.4 Å². The molecular formula is C21H36ClNO6.